The molecule has 1 aromatic rings. The molecule has 1 saturated heterocycles. The molecule has 0 spiro atoms. The topological polar surface area (TPSA) is 61.8 Å². The van der Waals surface area contributed by atoms with Crippen LogP contribution in [0.3, 0.4) is 0 Å². The van der Waals surface area contributed by atoms with Gasteiger partial charge in [-0.2, -0.15) is 0 Å². The largest absolute Gasteiger partial charge is 0.378 e. The Morgan fingerprint density at radius 1 is 1.27 bits per heavy atom. The van der Waals surface area contributed by atoms with E-state index in [0.29, 0.717) is 6.54 Å². The number of hydrogen-bond donors (Lipinski definition) is 2. The molecule has 1 aromatic heterocycles. The van der Waals surface area contributed by atoms with Crippen molar-refractivity contribution in [3.8, 4) is 0 Å². The summed E-state index contributed by atoms with van der Waals surface area (Å²) < 4.78 is 5.45. The Morgan fingerprint density at radius 2 is 2.08 bits per heavy atom. The summed E-state index contributed by atoms with van der Waals surface area (Å²) in [5.41, 5.74) is 1.16. The van der Waals surface area contributed by atoms with Crippen molar-refractivity contribution in [2.45, 2.75) is 46.6 Å². The molecule has 0 bridgehead atoms. The first-order valence-electron chi connectivity index (χ1n) is 9.99. The summed E-state index contributed by atoms with van der Waals surface area (Å²) >= 11 is 0. The minimum absolute atomic E-state index is 0.627. The second-order valence-corrected chi connectivity index (χ2v) is 7.10. The molecule has 0 atom stereocenters. The maximum Gasteiger partial charge on any atom is 0.191 e. The lowest BCUT2D eigenvalue weighted by molar-refractivity contribution is 0.122. The third kappa shape index (κ3) is 7.20. The van der Waals surface area contributed by atoms with E-state index >= 15 is 0 Å². The Labute approximate surface area is 158 Å². The summed E-state index contributed by atoms with van der Waals surface area (Å²) in [6, 6.07) is 4.11. The lowest BCUT2D eigenvalue weighted by atomic mass is 10.1. The van der Waals surface area contributed by atoms with E-state index in [1.54, 1.807) is 0 Å². The maximum atomic E-state index is 5.45. The lowest BCUT2D eigenvalue weighted by Gasteiger charge is -2.29. The van der Waals surface area contributed by atoms with Crippen LogP contribution < -0.4 is 15.5 Å². The van der Waals surface area contributed by atoms with Gasteiger partial charge in [0, 0.05) is 37.9 Å². The molecule has 1 aliphatic rings. The van der Waals surface area contributed by atoms with Crippen molar-refractivity contribution in [2.24, 2.45) is 10.9 Å². The highest BCUT2D eigenvalue weighted by Gasteiger charge is 2.15. The van der Waals surface area contributed by atoms with Gasteiger partial charge in [0.1, 0.15) is 5.82 Å². The van der Waals surface area contributed by atoms with Gasteiger partial charge in [-0.1, -0.05) is 32.8 Å². The van der Waals surface area contributed by atoms with Crippen LogP contribution in [-0.4, -0.2) is 50.3 Å². The molecule has 0 saturated carbocycles. The number of guanidine groups is 1. The summed E-state index contributed by atoms with van der Waals surface area (Å²) in [6.07, 6.45) is 5.58. The van der Waals surface area contributed by atoms with Crippen LogP contribution >= 0.6 is 0 Å². The van der Waals surface area contributed by atoms with Crippen molar-refractivity contribution in [2.75, 3.05) is 44.3 Å². The number of nitrogens with zero attached hydrogens (tertiary/aromatic N) is 3. The molecule has 0 amide bonds. The molecule has 2 rings (SSSR count). The van der Waals surface area contributed by atoms with Crippen LogP contribution in [0.1, 0.15) is 45.6 Å². The SMILES string of the molecule is CCNC(=NCc1cccnc1N1CCOCC1)NCCCCC(C)C. The molecule has 0 aliphatic carbocycles. The van der Waals surface area contributed by atoms with Gasteiger partial charge in [0.15, 0.2) is 5.96 Å². The van der Waals surface area contributed by atoms with Gasteiger partial charge in [-0.25, -0.2) is 9.98 Å². The number of anilines is 1. The Bertz CT molecular complexity index is 541. The molecule has 26 heavy (non-hydrogen) atoms. The molecule has 6 heteroatoms. The van der Waals surface area contributed by atoms with E-state index < -0.39 is 0 Å². The Hall–Kier alpha value is -1.82. The molecule has 1 aliphatic heterocycles. The molecule has 1 fully saturated rings. The number of unbranched alkanes of at least 4 members (excludes halogenated alkanes) is 1. The zero-order valence-electron chi connectivity index (χ0n) is 16.6. The fourth-order valence-corrected chi connectivity index (χ4v) is 3.00. The number of aliphatic imine (C=N–C) groups is 1. The summed E-state index contributed by atoms with van der Waals surface area (Å²) in [6.45, 7) is 12.4. The minimum Gasteiger partial charge on any atom is -0.378 e. The normalized spacial score (nSPS) is 15.4. The van der Waals surface area contributed by atoms with Crippen LogP contribution in [0.4, 0.5) is 5.82 Å². The minimum atomic E-state index is 0.627. The number of rotatable bonds is 9. The van der Waals surface area contributed by atoms with Gasteiger partial charge >= 0.3 is 0 Å². The molecule has 146 valence electrons. The number of morpholine rings is 1. The second-order valence-electron chi connectivity index (χ2n) is 7.10. The molecule has 0 unspecified atom stereocenters. The van der Waals surface area contributed by atoms with Crippen LogP contribution in [0.15, 0.2) is 23.3 Å². The molecule has 0 aromatic carbocycles. The van der Waals surface area contributed by atoms with Crippen LogP contribution in [0, 0.1) is 5.92 Å². The maximum absolute atomic E-state index is 5.45. The summed E-state index contributed by atoms with van der Waals surface area (Å²) in [5.74, 6) is 2.70. The first-order chi connectivity index (χ1) is 12.7. The molecular formula is C20H35N5O. The van der Waals surface area contributed by atoms with Crippen LogP contribution in [0.2, 0.25) is 0 Å². The van der Waals surface area contributed by atoms with Gasteiger partial charge in [-0.05, 0) is 25.3 Å². The van der Waals surface area contributed by atoms with Crippen molar-refractivity contribution in [3.05, 3.63) is 23.9 Å². The van der Waals surface area contributed by atoms with E-state index in [-0.39, 0.29) is 0 Å². The highest BCUT2D eigenvalue weighted by molar-refractivity contribution is 5.79. The zero-order valence-corrected chi connectivity index (χ0v) is 16.6. The van der Waals surface area contributed by atoms with Crippen molar-refractivity contribution >= 4 is 11.8 Å². The Balaban J connectivity index is 1.91. The predicted octanol–water partition coefficient (Wildman–Crippen LogP) is 2.80. The quantitative estimate of drug-likeness (QED) is 0.402. The van der Waals surface area contributed by atoms with Crippen molar-refractivity contribution < 1.29 is 4.74 Å². The van der Waals surface area contributed by atoms with E-state index in [4.69, 9.17) is 9.73 Å². The molecule has 6 nitrogen and oxygen atoms in total. The van der Waals surface area contributed by atoms with Crippen LogP contribution in [0.5, 0.6) is 0 Å². The fourth-order valence-electron chi connectivity index (χ4n) is 3.00. The number of nitrogens with one attached hydrogen (secondary N) is 2. The van der Waals surface area contributed by atoms with Crippen molar-refractivity contribution in [1.29, 1.82) is 0 Å². The number of ether oxygens (including phenoxy) is 1. The monoisotopic (exact) mass is 361 g/mol. The zero-order chi connectivity index (χ0) is 18.6. The molecule has 0 radical (unpaired) electrons. The van der Waals surface area contributed by atoms with Crippen molar-refractivity contribution in [3.63, 3.8) is 0 Å². The summed E-state index contributed by atoms with van der Waals surface area (Å²) in [5, 5.41) is 6.78. The second kappa shape index (κ2) is 11.7. The third-order valence-corrected chi connectivity index (χ3v) is 4.43. The van der Waals surface area contributed by atoms with Gasteiger partial charge in [-0.3, -0.25) is 0 Å². The third-order valence-electron chi connectivity index (χ3n) is 4.43. The van der Waals surface area contributed by atoms with E-state index in [1.807, 2.05) is 12.3 Å². The van der Waals surface area contributed by atoms with Crippen LogP contribution in [-0.2, 0) is 11.3 Å². The van der Waals surface area contributed by atoms with Gasteiger partial charge < -0.3 is 20.3 Å². The van der Waals surface area contributed by atoms with Gasteiger partial charge in [-0.15, -0.1) is 0 Å². The smallest absolute Gasteiger partial charge is 0.191 e. The molecule has 2 heterocycles. The standard InChI is InChI=1S/C20H35N5O/c1-4-21-20(23-10-6-5-8-17(2)3)24-16-18-9-7-11-22-19(18)25-12-14-26-15-13-25/h7,9,11,17H,4-6,8,10,12-16H2,1-3H3,(H2,21,23,24). The van der Waals surface area contributed by atoms with Crippen molar-refractivity contribution in [1.82, 2.24) is 15.6 Å². The highest BCUT2D eigenvalue weighted by atomic mass is 16.5. The average Bonchev–Trinajstić information content (AvgIpc) is 2.66. The van der Waals surface area contributed by atoms with E-state index in [1.165, 1.54) is 19.3 Å². The number of aromatic nitrogens is 1. The van der Waals surface area contributed by atoms with E-state index in [0.717, 1.165) is 62.7 Å². The predicted molar refractivity (Wildman–Crippen MR) is 109 cm³/mol. The number of hydrogen-bond acceptors (Lipinski definition) is 4. The lowest BCUT2D eigenvalue weighted by Crippen LogP contribution is -2.38. The Kier molecular flexibility index (Phi) is 9.24. The molecule has 2 N–H and O–H groups in total. The van der Waals surface area contributed by atoms with Gasteiger partial charge in [0.05, 0.1) is 19.8 Å². The van der Waals surface area contributed by atoms with Gasteiger partial charge in [0.25, 0.3) is 0 Å². The molecular weight excluding hydrogens is 326 g/mol. The van der Waals surface area contributed by atoms with E-state index in [2.05, 4.69) is 47.4 Å². The summed E-state index contributed by atoms with van der Waals surface area (Å²) in [4.78, 5) is 11.7. The number of pyridine rings is 1. The van der Waals surface area contributed by atoms with E-state index in [9.17, 15) is 0 Å². The first kappa shape index (κ1) is 20.5. The Morgan fingerprint density at radius 3 is 2.81 bits per heavy atom. The summed E-state index contributed by atoms with van der Waals surface area (Å²) in [7, 11) is 0. The average molecular weight is 362 g/mol. The highest BCUT2D eigenvalue weighted by Crippen LogP contribution is 2.19. The van der Waals surface area contributed by atoms with Crippen LogP contribution in [0.25, 0.3) is 0 Å². The fraction of sp³-hybridized carbons (Fsp3) is 0.700. The first-order valence-corrected chi connectivity index (χ1v) is 9.99. The van der Waals surface area contributed by atoms with Gasteiger partial charge in [0.2, 0.25) is 0 Å².